The second kappa shape index (κ2) is 11.7. The largest absolute Gasteiger partial charge is 0.506 e. The van der Waals surface area contributed by atoms with Crippen LogP contribution in [-0.2, 0) is 0 Å². The summed E-state index contributed by atoms with van der Waals surface area (Å²) in [6.07, 6.45) is 0.967. The highest BCUT2D eigenvalue weighted by molar-refractivity contribution is 6.32. The zero-order chi connectivity index (χ0) is 23.8. The van der Waals surface area contributed by atoms with Crippen molar-refractivity contribution in [1.82, 2.24) is 10.3 Å². The van der Waals surface area contributed by atoms with E-state index in [0.717, 1.165) is 29.4 Å². The summed E-state index contributed by atoms with van der Waals surface area (Å²) in [7, 11) is 0. The molecule has 1 amide bonds. The van der Waals surface area contributed by atoms with Crippen LogP contribution in [0.1, 0.15) is 29.8 Å². The maximum absolute atomic E-state index is 12.3. The number of aliphatic hydroxyl groups is 1. The number of rotatable bonds is 10. The lowest BCUT2D eigenvalue weighted by Gasteiger charge is -2.22. The molecule has 0 fully saturated rings. The second-order valence-electron chi connectivity index (χ2n) is 7.51. The molecule has 0 saturated heterocycles. The lowest BCUT2D eigenvalue weighted by atomic mass is 10.0. The number of ether oxygens (including phenoxy) is 1. The zero-order valence-electron chi connectivity index (χ0n) is 18.7. The first-order valence-corrected chi connectivity index (χ1v) is 11.2. The number of amides is 1. The van der Waals surface area contributed by atoms with Gasteiger partial charge in [0.1, 0.15) is 24.2 Å². The van der Waals surface area contributed by atoms with Gasteiger partial charge in [-0.05, 0) is 48.8 Å². The number of carbonyl (C=O) groups excluding carboxylic acids is 1. The summed E-state index contributed by atoms with van der Waals surface area (Å²) in [5.74, 6) is 0.134. The van der Waals surface area contributed by atoms with Gasteiger partial charge in [-0.25, -0.2) is 5.43 Å². The average Bonchev–Trinajstić information content (AvgIpc) is 2.83. The Hall–Kier alpha value is -3.13. The highest BCUT2D eigenvalue weighted by atomic mass is 35.5. The van der Waals surface area contributed by atoms with Gasteiger partial charge in [-0.15, -0.1) is 0 Å². The van der Waals surface area contributed by atoms with Crippen molar-refractivity contribution in [3.8, 4) is 11.5 Å². The monoisotopic (exact) mass is 469 g/mol. The first-order valence-electron chi connectivity index (χ1n) is 10.8. The van der Waals surface area contributed by atoms with E-state index < -0.39 is 12.0 Å². The molecule has 0 heterocycles. The topological polar surface area (TPSA) is 94.4 Å². The summed E-state index contributed by atoms with van der Waals surface area (Å²) in [6, 6.07) is 15.6. The maximum atomic E-state index is 12.3. The minimum Gasteiger partial charge on any atom is -0.506 e. The summed E-state index contributed by atoms with van der Waals surface area (Å²) in [5.41, 5.74) is 3.55. The van der Waals surface area contributed by atoms with Crippen molar-refractivity contribution in [2.75, 3.05) is 26.2 Å². The molecule has 3 N–H and O–H groups in total. The van der Waals surface area contributed by atoms with Crippen molar-refractivity contribution < 1.29 is 19.7 Å². The van der Waals surface area contributed by atoms with E-state index in [1.54, 1.807) is 6.21 Å². The van der Waals surface area contributed by atoms with Crippen molar-refractivity contribution >= 4 is 34.5 Å². The Morgan fingerprint density at radius 1 is 1.15 bits per heavy atom. The first kappa shape index (κ1) is 24.5. The van der Waals surface area contributed by atoms with Crippen LogP contribution in [0.25, 0.3) is 10.8 Å². The van der Waals surface area contributed by atoms with E-state index in [1.165, 1.54) is 18.2 Å². The molecule has 3 rings (SSSR count). The van der Waals surface area contributed by atoms with Crippen molar-refractivity contribution in [3.63, 3.8) is 0 Å². The van der Waals surface area contributed by atoms with Gasteiger partial charge in [0.05, 0.1) is 11.2 Å². The standard InChI is InChI=1S/C25H28ClN3O4/c1-3-29(4-2)15-19(30)16-33-24-12-10-18(20-7-5-6-8-21(20)24)14-27-28-25(32)17-9-11-23(31)22(26)13-17/h5-14,19,30-31H,3-4,15-16H2,1-2H3,(H,28,32). The van der Waals surface area contributed by atoms with E-state index in [1.807, 2.05) is 36.4 Å². The molecule has 8 heteroatoms. The molecule has 0 spiro atoms. The molecule has 1 unspecified atom stereocenters. The van der Waals surface area contributed by atoms with Gasteiger partial charge < -0.3 is 19.8 Å². The molecule has 0 aromatic heterocycles. The predicted octanol–water partition coefficient (Wildman–Crippen LogP) is 4.04. The van der Waals surface area contributed by atoms with Crippen LogP contribution in [0.2, 0.25) is 5.02 Å². The molecule has 0 aliphatic carbocycles. The van der Waals surface area contributed by atoms with Gasteiger partial charge in [-0.3, -0.25) is 4.79 Å². The number of hydrogen-bond acceptors (Lipinski definition) is 6. The number of nitrogens with one attached hydrogen (secondary N) is 1. The van der Waals surface area contributed by atoms with Gasteiger partial charge in [0, 0.05) is 23.1 Å². The number of aliphatic hydroxyl groups excluding tert-OH is 1. The molecule has 0 saturated carbocycles. The molecule has 174 valence electrons. The van der Waals surface area contributed by atoms with Crippen LogP contribution in [-0.4, -0.2) is 59.6 Å². The number of aromatic hydroxyl groups is 1. The van der Waals surface area contributed by atoms with Crippen LogP contribution >= 0.6 is 11.6 Å². The molecule has 0 bridgehead atoms. The molecule has 3 aromatic carbocycles. The van der Waals surface area contributed by atoms with E-state index in [0.29, 0.717) is 12.3 Å². The van der Waals surface area contributed by atoms with Crippen LogP contribution < -0.4 is 10.2 Å². The maximum Gasteiger partial charge on any atom is 0.271 e. The third-order valence-electron chi connectivity index (χ3n) is 5.29. The highest BCUT2D eigenvalue weighted by Gasteiger charge is 2.12. The van der Waals surface area contributed by atoms with E-state index in [4.69, 9.17) is 16.3 Å². The molecular weight excluding hydrogens is 442 g/mol. The Morgan fingerprint density at radius 3 is 2.58 bits per heavy atom. The Morgan fingerprint density at radius 2 is 1.88 bits per heavy atom. The van der Waals surface area contributed by atoms with E-state index in [9.17, 15) is 15.0 Å². The number of hydrazone groups is 1. The molecule has 7 nitrogen and oxygen atoms in total. The zero-order valence-corrected chi connectivity index (χ0v) is 19.4. The molecule has 0 aliphatic rings. The SMILES string of the molecule is CCN(CC)CC(O)COc1ccc(C=NNC(=O)c2ccc(O)c(Cl)c2)c2ccccc12. The van der Waals surface area contributed by atoms with Gasteiger partial charge >= 0.3 is 0 Å². The molecule has 0 aliphatic heterocycles. The van der Waals surface area contributed by atoms with Crippen LogP contribution in [0.3, 0.4) is 0 Å². The summed E-state index contributed by atoms with van der Waals surface area (Å²) in [6.45, 7) is 6.63. The van der Waals surface area contributed by atoms with Gasteiger partial charge in [0.2, 0.25) is 0 Å². The number of halogens is 1. The van der Waals surface area contributed by atoms with Gasteiger partial charge in [0.25, 0.3) is 5.91 Å². The van der Waals surface area contributed by atoms with Gasteiger partial charge in [-0.2, -0.15) is 5.10 Å². The number of phenolic OH excluding ortho intramolecular Hbond substituents is 1. The van der Waals surface area contributed by atoms with Gasteiger partial charge in [-0.1, -0.05) is 49.7 Å². The number of benzene rings is 3. The summed E-state index contributed by atoms with van der Waals surface area (Å²) >= 11 is 5.85. The van der Waals surface area contributed by atoms with Gasteiger partial charge in [0.15, 0.2) is 0 Å². The summed E-state index contributed by atoms with van der Waals surface area (Å²) in [5, 5.41) is 25.7. The Kier molecular flexibility index (Phi) is 8.65. The average molecular weight is 470 g/mol. The van der Waals surface area contributed by atoms with Crippen LogP contribution in [0.15, 0.2) is 59.7 Å². The van der Waals surface area contributed by atoms with E-state index in [-0.39, 0.29) is 22.9 Å². The third kappa shape index (κ3) is 6.44. The van der Waals surface area contributed by atoms with Crippen LogP contribution in [0, 0.1) is 0 Å². The quantitative estimate of drug-likeness (QED) is 0.307. The van der Waals surface area contributed by atoms with Crippen LogP contribution in [0.5, 0.6) is 11.5 Å². The molecule has 1 atom stereocenters. The number of nitrogens with zero attached hydrogens (tertiary/aromatic N) is 2. The fourth-order valence-electron chi connectivity index (χ4n) is 3.42. The van der Waals surface area contributed by atoms with Crippen molar-refractivity contribution in [1.29, 1.82) is 0 Å². The Bertz CT molecular complexity index is 1130. The third-order valence-corrected chi connectivity index (χ3v) is 5.59. The normalized spacial score (nSPS) is 12.4. The van der Waals surface area contributed by atoms with E-state index >= 15 is 0 Å². The lowest BCUT2D eigenvalue weighted by molar-refractivity contribution is 0.0722. The number of fused-ring (bicyclic) bond motifs is 1. The summed E-state index contributed by atoms with van der Waals surface area (Å²) in [4.78, 5) is 14.4. The van der Waals surface area contributed by atoms with Crippen LogP contribution in [0.4, 0.5) is 0 Å². The number of hydrogen-bond donors (Lipinski definition) is 3. The fourth-order valence-corrected chi connectivity index (χ4v) is 3.61. The number of likely N-dealkylation sites (N-methyl/N-ethyl adjacent to an activating group) is 1. The Balaban J connectivity index is 1.70. The van der Waals surface area contributed by atoms with Crippen molar-refractivity contribution in [2.24, 2.45) is 5.10 Å². The first-order chi connectivity index (χ1) is 15.9. The van der Waals surface area contributed by atoms with E-state index in [2.05, 4.69) is 29.3 Å². The second-order valence-corrected chi connectivity index (χ2v) is 7.92. The number of carbonyl (C=O) groups is 1. The molecule has 0 radical (unpaired) electrons. The lowest BCUT2D eigenvalue weighted by Crippen LogP contribution is -2.35. The summed E-state index contributed by atoms with van der Waals surface area (Å²) < 4.78 is 5.92. The molecule has 33 heavy (non-hydrogen) atoms. The molecule has 3 aromatic rings. The highest BCUT2D eigenvalue weighted by Crippen LogP contribution is 2.28. The van der Waals surface area contributed by atoms with Crippen molar-refractivity contribution in [2.45, 2.75) is 20.0 Å². The minimum atomic E-state index is -0.589. The molecular formula is C25H28ClN3O4. The Labute approximate surface area is 198 Å². The van der Waals surface area contributed by atoms with Crippen molar-refractivity contribution in [3.05, 3.63) is 70.7 Å². The smallest absolute Gasteiger partial charge is 0.271 e. The fraction of sp³-hybridized carbons (Fsp3) is 0.280. The minimum absolute atomic E-state index is 0.0916. The predicted molar refractivity (Wildman–Crippen MR) is 131 cm³/mol. The number of phenols is 1.